The smallest absolute Gasteiger partial charge is 0.252 e. The Morgan fingerprint density at radius 1 is 1.08 bits per heavy atom. The molecule has 0 unspecified atom stereocenters. The molecule has 0 saturated heterocycles. The predicted molar refractivity (Wildman–Crippen MR) is 89.9 cm³/mol. The molecule has 2 aromatic carbocycles. The third-order valence-corrected chi connectivity index (χ3v) is 3.47. The largest absolute Gasteiger partial charge is 0.436 e. The fourth-order valence-electron chi connectivity index (χ4n) is 2.39. The van der Waals surface area contributed by atoms with Crippen LogP contribution in [0.1, 0.15) is 24.2 Å². The first-order chi connectivity index (χ1) is 11.6. The maximum absolute atomic E-state index is 13.9. The van der Waals surface area contributed by atoms with Crippen molar-refractivity contribution in [3.8, 4) is 22.8 Å². The molecule has 0 radical (unpaired) electrons. The van der Waals surface area contributed by atoms with Gasteiger partial charge in [-0.05, 0) is 38.1 Å². The number of rotatable bonds is 4. The monoisotopic (exact) mass is 324 g/mol. The van der Waals surface area contributed by atoms with E-state index < -0.39 is 0 Å². The van der Waals surface area contributed by atoms with Crippen LogP contribution in [0.5, 0.6) is 0 Å². The molecule has 122 valence electrons. The number of carbonyl (C=O) groups excluding carboxylic acids is 1. The molecule has 0 fully saturated rings. The van der Waals surface area contributed by atoms with Crippen LogP contribution in [0.4, 0.5) is 4.39 Å². The summed E-state index contributed by atoms with van der Waals surface area (Å²) < 4.78 is 19.6. The van der Waals surface area contributed by atoms with E-state index in [2.05, 4.69) is 10.3 Å². The molecule has 1 aromatic heterocycles. The van der Waals surface area contributed by atoms with Crippen LogP contribution < -0.4 is 5.32 Å². The minimum Gasteiger partial charge on any atom is -0.436 e. The minimum absolute atomic E-state index is 0.0177. The molecular formula is C19H17FN2O2. The zero-order valence-electron chi connectivity index (χ0n) is 13.4. The van der Waals surface area contributed by atoms with Gasteiger partial charge in [0.25, 0.3) is 5.91 Å². The topological polar surface area (TPSA) is 55.1 Å². The van der Waals surface area contributed by atoms with E-state index in [1.54, 1.807) is 42.5 Å². The quantitative estimate of drug-likeness (QED) is 0.779. The number of oxazole rings is 1. The van der Waals surface area contributed by atoms with Crippen molar-refractivity contribution in [3.63, 3.8) is 0 Å². The first kappa shape index (κ1) is 15.9. The second kappa shape index (κ2) is 6.66. The van der Waals surface area contributed by atoms with Crippen LogP contribution in [0.2, 0.25) is 0 Å². The Morgan fingerprint density at radius 2 is 1.75 bits per heavy atom. The summed E-state index contributed by atoms with van der Waals surface area (Å²) in [6.07, 6.45) is 1.46. The molecule has 0 aliphatic carbocycles. The predicted octanol–water partition coefficient (Wildman–Crippen LogP) is 4.29. The third-order valence-electron chi connectivity index (χ3n) is 3.47. The van der Waals surface area contributed by atoms with Crippen LogP contribution in [0, 0.1) is 5.82 Å². The molecule has 3 aromatic rings. The molecule has 0 saturated carbocycles. The van der Waals surface area contributed by atoms with Crippen molar-refractivity contribution in [2.24, 2.45) is 0 Å². The molecule has 1 amide bonds. The van der Waals surface area contributed by atoms with E-state index >= 15 is 0 Å². The van der Waals surface area contributed by atoms with E-state index in [1.165, 1.54) is 12.3 Å². The summed E-state index contributed by atoms with van der Waals surface area (Å²) in [5, 5.41) is 2.85. The first-order valence-electron chi connectivity index (χ1n) is 7.67. The number of amides is 1. The van der Waals surface area contributed by atoms with Crippen molar-refractivity contribution in [2.75, 3.05) is 0 Å². The Hall–Kier alpha value is -2.95. The molecule has 3 rings (SSSR count). The standard InChI is InChI=1S/C19H17FN2O2/c1-12(2)22-18(23)13-7-3-4-8-14(13)19-21-11-17(24-19)15-9-5-6-10-16(15)20/h3-12H,1-2H3,(H,22,23). The van der Waals surface area contributed by atoms with Gasteiger partial charge in [-0.25, -0.2) is 9.37 Å². The van der Waals surface area contributed by atoms with Crippen LogP contribution in [0.15, 0.2) is 59.1 Å². The van der Waals surface area contributed by atoms with Crippen LogP contribution >= 0.6 is 0 Å². The highest BCUT2D eigenvalue weighted by atomic mass is 19.1. The first-order valence-corrected chi connectivity index (χ1v) is 7.67. The van der Waals surface area contributed by atoms with Crippen LogP contribution in [0.25, 0.3) is 22.8 Å². The lowest BCUT2D eigenvalue weighted by Crippen LogP contribution is -2.30. The number of nitrogens with zero attached hydrogens (tertiary/aromatic N) is 1. The minimum atomic E-state index is -0.383. The highest BCUT2D eigenvalue weighted by Gasteiger charge is 2.18. The summed E-state index contributed by atoms with van der Waals surface area (Å²) in [5.41, 5.74) is 1.37. The van der Waals surface area contributed by atoms with Gasteiger partial charge in [0.2, 0.25) is 5.89 Å². The molecule has 0 bridgehead atoms. The summed E-state index contributed by atoms with van der Waals surface area (Å²) >= 11 is 0. The van der Waals surface area contributed by atoms with Gasteiger partial charge in [-0.2, -0.15) is 0 Å². The van der Waals surface area contributed by atoms with Gasteiger partial charge in [-0.15, -0.1) is 0 Å². The Morgan fingerprint density at radius 3 is 2.46 bits per heavy atom. The van der Waals surface area contributed by atoms with Crippen molar-refractivity contribution in [3.05, 3.63) is 66.1 Å². The number of benzene rings is 2. The van der Waals surface area contributed by atoms with Gasteiger partial charge in [0, 0.05) is 11.6 Å². The lowest BCUT2D eigenvalue weighted by atomic mass is 10.1. The van der Waals surface area contributed by atoms with Gasteiger partial charge in [0.15, 0.2) is 5.76 Å². The molecule has 1 heterocycles. The number of carbonyl (C=O) groups is 1. The van der Waals surface area contributed by atoms with E-state index in [-0.39, 0.29) is 23.7 Å². The number of nitrogens with one attached hydrogen (secondary N) is 1. The van der Waals surface area contributed by atoms with Crippen LogP contribution in [0.3, 0.4) is 0 Å². The molecule has 4 nitrogen and oxygen atoms in total. The number of aromatic nitrogens is 1. The highest BCUT2D eigenvalue weighted by Crippen LogP contribution is 2.29. The summed E-state index contributed by atoms with van der Waals surface area (Å²) in [6.45, 7) is 3.78. The maximum atomic E-state index is 13.9. The lowest BCUT2D eigenvalue weighted by Gasteiger charge is -2.10. The highest BCUT2D eigenvalue weighted by molar-refractivity contribution is 6.00. The number of hydrogen-bond acceptors (Lipinski definition) is 3. The molecule has 0 aliphatic heterocycles. The van der Waals surface area contributed by atoms with Crippen molar-refractivity contribution < 1.29 is 13.6 Å². The van der Waals surface area contributed by atoms with Gasteiger partial charge >= 0.3 is 0 Å². The summed E-state index contributed by atoms with van der Waals surface area (Å²) in [6, 6.07) is 13.4. The van der Waals surface area contributed by atoms with E-state index in [9.17, 15) is 9.18 Å². The zero-order valence-corrected chi connectivity index (χ0v) is 13.4. The third kappa shape index (κ3) is 3.20. The zero-order chi connectivity index (χ0) is 17.1. The number of halogens is 1. The number of hydrogen-bond donors (Lipinski definition) is 1. The molecule has 0 atom stereocenters. The summed E-state index contributed by atoms with van der Waals surface area (Å²) in [4.78, 5) is 16.6. The second-order valence-electron chi connectivity index (χ2n) is 5.68. The van der Waals surface area contributed by atoms with Crippen molar-refractivity contribution >= 4 is 5.91 Å². The Kier molecular flexibility index (Phi) is 4.42. The molecule has 1 N–H and O–H groups in total. The average Bonchev–Trinajstić information content (AvgIpc) is 3.04. The molecule has 0 spiro atoms. The Balaban J connectivity index is 2.00. The van der Waals surface area contributed by atoms with Crippen LogP contribution in [-0.4, -0.2) is 16.9 Å². The molecule has 24 heavy (non-hydrogen) atoms. The van der Waals surface area contributed by atoms with Gasteiger partial charge in [-0.3, -0.25) is 4.79 Å². The molecular weight excluding hydrogens is 307 g/mol. The van der Waals surface area contributed by atoms with Crippen LogP contribution in [-0.2, 0) is 0 Å². The Labute approximate surface area is 139 Å². The van der Waals surface area contributed by atoms with Gasteiger partial charge in [-0.1, -0.05) is 24.3 Å². The van der Waals surface area contributed by atoms with Gasteiger partial charge < -0.3 is 9.73 Å². The average molecular weight is 324 g/mol. The fourth-order valence-corrected chi connectivity index (χ4v) is 2.39. The summed E-state index contributed by atoms with van der Waals surface area (Å²) in [5.74, 6) is 0.0159. The SMILES string of the molecule is CC(C)NC(=O)c1ccccc1-c1ncc(-c2ccccc2F)o1. The lowest BCUT2D eigenvalue weighted by molar-refractivity contribution is 0.0943. The van der Waals surface area contributed by atoms with E-state index in [4.69, 9.17) is 4.42 Å². The van der Waals surface area contributed by atoms with Gasteiger partial charge in [0.1, 0.15) is 5.82 Å². The molecule has 0 aliphatic rings. The van der Waals surface area contributed by atoms with Crippen molar-refractivity contribution in [1.29, 1.82) is 0 Å². The Bertz CT molecular complexity index is 871. The normalized spacial score (nSPS) is 10.8. The van der Waals surface area contributed by atoms with Crippen molar-refractivity contribution in [1.82, 2.24) is 10.3 Å². The van der Waals surface area contributed by atoms with Gasteiger partial charge in [0.05, 0.1) is 17.3 Å². The fraction of sp³-hybridized carbons (Fsp3) is 0.158. The van der Waals surface area contributed by atoms with E-state index in [0.717, 1.165) is 0 Å². The second-order valence-corrected chi connectivity index (χ2v) is 5.68. The summed E-state index contributed by atoms with van der Waals surface area (Å²) in [7, 11) is 0. The maximum Gasteiger partial charge on any atom is 0.252 e. The molecule has 5 heteroatoms. The van der Waals surface area contributed by atoms with E-state index in [0.29, 0.717) is 22.5 Å². The van der Waals surface area contributed by atoms with Crippen molar-refractivity contribution in [2.45, 2.75) is 19.9 Å². The van der Waals surface area contributed by atoms with E-state index in [1.807, 2.05) is 13.8 Å².